The van der Waals surface area contributed by atoms with Crippen LogP contribution in [0.5, 0.6) is 0 Å². The normalized spacial score (nSPS) is 9.22. The molecule has 1 aromatic carbocycles. The number of hydrogen-bond acceptors (Lipinski definition) is 2. The number of hydrogen-bond donors (Lipinski definition) is 0. The van der Waals surface area contributed by atoms with Crippen molar-refractivity contribution in [2.45, 2.75) is 25.7 Å². The SMILES string of the molecule is C#CCCc1cc(C=O)c(CCC#C)cc1C=O. The minimum Gasteiger partial charge on any atom is -0.298 e. The van der Waals surface area contributed by atoms with Crippen molar-refractivity contribution in [1.82, 2.24) is 0 Å². The molecule has 0 radical (unpaired) electrons. The third-order valence-electron chi connectivity index (χ3n) is 2.73. The van der Waals surface area contributed by atoms with E-state index in [1.165, 1.54) is 0 Å². The fourth-order valence-corrected chi connectivity index (χ4v) is 1.79. The predicted molar refractivity (Wildman–Crippen MR) is 71.5 cm³/mol. The van der Waals surface area contributed by atoms with Crippen LogP contribution in [0.2, 0.25) is 0 Å². The Morgan fingerprint density at radius 2 is 1.28 bits per heavy atom. The third-order valence-corrected chi connectivity index (χ3v) is 2.73. The molecule has 0 saturated carbocycles. The van der Waals surface area contributed by atoms with Gasteiger partial charge >= 0.3 is 0 Å². The average Bonchev–Trinajstić information content (AvgIpc) is 2.42. The maximum Gasteiger partial charge on any atom is 0.150 e. The maximum atomic E-state index is 11.0. The maximum absolute atomic E-state index is 11.0. The standard InChI is InChI=1S/C16H14O2/c1-3-5-7-13-9-16(12-18)14(8-6-4-2)10-15(13)11-17/h1-2,9-12H,5-8H2. The minimum atomic E-state index is 0.544. The van der Waals surface area contributed by atoms with Gasteiger partial charge in [0.1, 0.15) is 12.6 Å². The molecule has 0 heterocycles. The van der Waals surface area contributed by atoms with Gasteiger partial charge in [-0.1, -0.05) is 0 Å². The van der Waals surface area contributed by atoms with Crippen molar-refractivity contribution in [3.63, 3.8) is 0 Å². The van der Waals surface area contributed by atoms with Gasteiger partial charge in [0.2, 0.25) is 0 Å². The quantitative estimate of drug-likeness (QED) is 0.563. The van der Waals surface area contributed by atoms with Crippen LogP contribution >= 0.6 is 0 Å². The molecule has 0 atom stereocenters. The zero-order valence-corrected chi connectivity index (χ0v) is 10.1. The van der Waals surface area contributed by atoms with Crippen LogP contribution in [-0.2, 0) is 12.8 Å². The first-order chi connectivity index (χ1) is 8.76. The molecular weight excluding hydrogens is 224 g/mol. The van der Waals surface area contributed by atoms with E-state index < -0.39 is 0 Å². The molecule has 0 spiro atoms. The Labute approximate surface area is 107 Å². The molecule has 0 unspecified atom stereocenters. The first-order valence-corrected chi connectivity index (χ1v) is 5.70. The van der Waals surface area contributed by atoms with Crippen molar-refractivity contribution in [1.29, 1.82) is 0 Å². The summed E-state index contributed by atoms with van der Waals surface area (Å²) in [5.74, 6) is 5.05. The number of aryl methyl sites for hydroxylation is 2. The van der Waals surface area contributed by atoms with Crippen molar-refractivity contribution < 1.29 is 9.59 Å². The summed E-state index contributed by atoms with van der Waals surface area (Å²) < 4.78 is 0. The van der Waals surface area contributed by atoms with Crippen LogP contribution in [-0.4, -0.2) is 12.6 Å². The summed E-state index contributed by atoms with van der Waals surface area (Å²) in [6.45, 7) is 0. The highest BCUT2D eigenvalue weighted by Gasteiger charge is 2.08. The van der Waals surface area contributed by atoms with Crippen LogP contribution in [0.1, 0.15) is 44.7 Å². The van der Waals surface area contributed by atoms with Crippen LogP contribution < -0.4 is 0 Å². The summed E-state index contributed by atoms with van der Waals surface area (Å²) in [5, 5.41) is 0. The largest absolute Gasteiger partial charge is 0.298 e. The highest BCUT2D eigenvalue weighted by molar-refractivity contribution is 5.84. The second kappa shape index (κ2) is 7.09. The molecule has 0 aromatic heterocycles. The smallest absolute Gasteiger partial charge is 0.150 e. The zero-order valence-electron chi connectivity index (χ0n) is 10.1. The lowest BCUT2D eigenvalue weighted by atomic mass is 9.94. The highest BCUT2D eigenvalue weighted by Crippen LogP contribution is 2.18. The summed E-state index contributed by atoms with van der Waals surface area (Å²) in [6, 6.07) is 3.47. The molecule has 0 aliphatic rings. The Morgan fingerprint density at radius 3 is 1.56 bits per heavy atom. The molecule has 2 nitrogen and oxygen atoms in total. The van der Waals surface area contributed by atoms with E-state index in [2.05, 4.69) is 11.8 Å². The van der Waals surface area contributed by atoms with Crippen molar-refractivity contribution in [3.8, 4) is 24.7 Å². The van der Waals surface area contributed by atoms with Crippen LogP contribution in [0, 0.1) is 24.7 Å². The van der Waals surface area contributed by atoms with E-state index in [0.29, 0.717) is 36.8 Å². The Morgan fingerprint density at radius 1 is 0.889 bits per heavy atom. The van der Waals surface area contributed by atoms with Gasteiger partial charge in [-0.15, -0.1) is 24.7 Å². The average molecular weight is 238 g/mol. The molecule has 0 fully saturated rings. The van der Waals surface area contributed by atoms with Crippen molar-refractivity contribution >= 4 is 12.6 Å². The Kier molecular flexibility index (Phi) is 5.42. The lowest BCUT2D eigenvalue weighted by molar-refractivity contribution is 0.111. The van der Waals surface area contributed by atoms with Gasteiger partial charge in [-0.25, -0.2) is 0 Å². The third kappa shape index (κ3) is 3.34. The molecule has 0 amide bonds. The van der Waals surface area contributed by atoms with E-state index in [4.69, 9.17) is 12.8 Å². The monoisotopic (exact) mass is 238 g/mol. The van der Waals surface area contributed by atoms with E-state index >= 15 is 0 Å². The molecule has 0 bridgehead atoms. The van der Waals surface area contributed by atoms with Gasteiger partial charge in [-0.05, 0) is 36.1 Å². The molecule has 0 N–H and O–H groups in total. The first-order valence-electron chi connectivity index (χ1n) is 5.70. The van der Waals surface area contributed by atoms with Gasteiger partial charge in [0.25, 0.3) is 0 Å². The predicted octanol–water partition coefficient (Wildman–Crippen LogP) is 2.44. The van der Waals surface area contributed by atoms with Crippen LogP contribution in [0.3, 0.4) is 0 Å². The van der Waals surface area contributed by atoms with Gasteiger partial charge in [-0.3, -0.25) is 9.59 Å². The summed E-state index contributed by atoms with van der Waals surface area (Å²) in [7, 11) is 0. The Bertz CT molecular complexity index is 478. The van der Waals surface area contributed by atoms with Gasteiger partial charge in [0, 0.05) is 24.0 Å². The topological polar surface area (TPSA) is 34.1 Å². The number of rotatable bonds is 6. The highest BCUT2D eigenvalue weighted by atomic mass is 16.1. The number of carbonyl (C=O) groups excluding carboxylic acids is 2. The fourth-order valence-electron chi connectivity index (χ4n) is 1.79. The number of aldehydes is 2. The molecular formula is C16H14O2. The molecule has 1 aromatic rings. The van der Waals surface area contributed by atoms with E-state index in [1.54, 1.807) is 12.1 Å². The second-order valence-electron chi connectivity index (χ2n) is 3.89. The summed E-state index contributed by atoms with van der Waals surface area (Å²) in [6.07, 6.45) is 14.3. The van der Waals surface area contributed by atoms with E-state index in [1.807, 2.05) is 0 Å². The van der Waals surface area contributed by atoms with E-state index in [0.717, 1.165) is 23.7 Å². The summed E-state index contributed by atoms with van der Waals surface area (Å²) in [4.78, 5) is 22.1. The molecule has 1 rings (SSSR count). The van der Waals surface area contributed by atoms with Crippen LogP contribution in [0.4, 0.5) is 0 Å². The first kappa shape index (κ1) is 13.7. The molecule has 0 saturated heterocycles. The number of benzene rings is 1. The zero-order chi connectivity index (χ0) is 13.4. The van der Waals surface area contributed by atoms with Gasteiger partial charge < -0.3 is 0 Å². The molecule has 90 valence electrons. The van der Waals surface area contributed by atoms with E-state index in [-0.39, 0.29) is 0 Å². The number of terminal acetylenes is 2. The van der Waals surface area contributed by atoms with Gasteiger partial charge in [-0.2, -0.15) is 0 Å². The van der Waals surface area contributed by atoms with Gasteiger partial charge in [0.05, 0.1) is 0 Å². The molecule has 2 heteroatoms. The second-order valence-corrected chi connectivity index (χ2v) is 3.89. The van der Waals surface area contributed by atoms with Crippen LogP contribution in [0.25, 0.3) is 0 Å². The lowest BCUT2D eigenvalue weighted by Gasteiger charge is -2.09. The minimum absolute atomic E-state index is 0.544. The fraction of sp³-hybridized carbons (Fsp3) is 0.250. The van der Waals surface area contributed by atoms with Crippen molar-refractivity contribution in [3.05, 3.63) is 34.4 Å². The van der Waals surface area contributed by atoms with Crippen molar-refractivity contribution in [2.24, 2.45) is 0 Å². The summed E-state index contributed by atoms with van der Waals surface area (Å²) >= 11 is 0. The van der Waals surface area contributed by atoms with E-state index in [9.17, 15) is 9.59 Å². The molecule has 0 aliphatic carbocycles. The number of carbonyl (C=O) groups is 2. The Balaban J connectivity index is 3.15. The van der Waals surface area contributed by atoms with Gasteiger partial charge in [0.15, 0.2) is 0 Å². The lowest BCUT2D eigenvalue weighted by Crippen LogP contribution is -2.01. The van der Waals surface area contributed by atoms with Crippen molar-refractivity contribution in [2.75, 3.05) is 0 Å². The molecule has 0 aliphatic heterocycles. The molecule has 18 heavy (non-hydrogen) atoms. The summed E-state index contributed by atoms with van der Waals surface area (Å²) in [5.41, 5.74) is 2.80. The Hall–Kier alpha value is -2.32. The van der Waals surface area contributed by atoms with Crippen LogP contribution in [0.15, 0.2) is 12.1 Å².